The van der Waals surface area contributed by atoms with Crippen molar-refractivity contribution in [3.63, 3.8) is 0 Å². The van der Waals surface area contributed by atoms with Crippen LogP contribution in [0.5, 0.6) is 11.5 Å². The Labute approximate surface area is 143 Å². The Morgan fingerprint density at radius 1 is 1.38 bits per heavy atom. The number of likely N-dealkylation sites (tertiary alicyclic amines) is 1. The summed E-state index contributed by atoms with van der Waals surface area (Å²) < 4.78 is 10.6. The first-order valence-electron chi connectivity index (χ1n) is 8.75. The number of carbonyl (C=O) groups excluding carboxylic acids is 1. The first-order chi connectivity index (χ1) is 11.6. The molecule has 2 aliphatic heterocycles. The van der Waals surface area contributed by atoms with E-state index in [0.29, 0.717) is 18.6 Å². The molecule has 5 nitrogen and oxygen atoms in total. The molecule has 5 heteroatoms. The highest BCUT2D eigenvalue weighted by molar-refractivity contribution is 5.91. The van der Waals surface area contributed by atoms with Gasteiger partial charge in [0.1, 0.15) is 0 Å². The second-order valence-electron chi connectivity index (χ2n) is 6.62. The Morgan fingerprint density at radius 3 is 3.04 bits per heavy atom. The van der Waals surface area contributed by atoms with E-state index in [-0.39, 0.29) is 12.7 Å². The average Bonchev–Trinajstić information content (AvgIpc) is 3.06. The number of nitrogens with one attached hydrogen (secondary N) is 1. The van der Waals surface area contributed by atoms with Crippen molar-refractivity contribution in [1.82, 2.24) is 10.2 Å². The number of piperidine rings is 1. The van der Waals surface area contributed by atoms with Crippen molar-refractivity contribution in [2.45, 2.75) is 45.2 Å². The predicted octanol–water partition coefficient (Wildman–Crippen LogP) is 2.81. The summed E-state index contributed by atoms with van der Waals surface area (Å²) >= 11 is 0. The summed E-state index contributed by atoms with van der Waals surface area (Å²) in [5, 5.41) is 3.00. The molecule has 0 spiro atoms. The molecule has 0 aliphatic carbocycles. The van der Waals surface area contributed by atoms with Gasteiger partial charge >= 0.3 is 0 Å². The van der Waals surface area contributed by atoms with Crippen molar-refractivity contribution < 1.29 is 14.3 Å². The van der Waals surface area contributed by atoms with Crippen molar-refractivity contribution in [1.29, 1.82) is 0 Å². The molecule has 1 amide bonds. The van der Waals surface area contributed by atoms with E-state index in [1.807, 2.05) is 18.2 Å². The number of ether oxygens (including phenoxy) is 2. The maximum atomic E-state index is 12.0. The van der Waals surface area contributed by atoms with E-state index in [1.54, 1.807) is 12.2 Å². The van der Waals surface area contributed by atoms with E-state index in [9.17, 15) is 4.79 Å². The average molecular weight is 330 g/mol. The largest absolute Gasteiger partial charge is 0.454 e. The minimum atomic E-state index is -0.0656. The van der Waals surface area contributed by atoms with Crippen LogP contribution in [0.1, 0.15) is 38.7 Å². The van der Waals surface area contributed by atoms with Crippen molar-refractivity contribution in [2.24, 2.45) is 0 Å². The van der Waals surface area contributed by atoms with Gasteiger partial charge in [-0.1, -0.05) is 12.5 Å². The van der Waals surface area contributed by atoms with Crippen LogP contribution in [-0.4, -0.2) is 42.8 Å². The molecule has 0 radical (unpaired) electrons. The van der Waals surface area contributed by atoms with Gasteiger partial charge in [0.25, 0.3) is 0 Å². The number of carbonyl (C=O) groups is 1. The van der Waals surface area contributed by atoms with Gasteiger partial charge in [-0.25, -0.2) is 0 Å². The molecule has 0 aromatic heterocycles. The quantitative estimate of drug-likeness (QED) is 0.844. The standard InChI is InChI=1S/C19H26N2O3/c1-14-5-3-4-10-21(14)15(2)12-20-19(22)9-7-16-6-8-17-18(11-16)24-13-23-17/h6-9,11,14-15H,3-5,10,12-13H2,1-2H3,(H,20,22). The number of hydrogen-bond donors (Lipinski definition) is 1. The summed E-state index contributed by atoms with van der Waals surface area (Å²) in [7, 11) is 0. The van der Waals surface area contributed by atoms with Crippen LogP contribution in [-0.2, 0) is 4.79 Å². The van der Waals surface area contributed by atoms with Crippen molar-refractivity contribution >= 4 is 12.0 Å². The first kappa shape index (κ1) is 16.8. The van der Waals surface area contributed by atoms with E-state index in [0.717, 1.165) is 23.6 Å². The van der Waals surface area contributed by atoms with Crippen molar-refractivity contribution in [2.75, 3.05) is 19.9 Å². The van der Waals surface area contributed by atoms with Crippen LogP contribution in [0.3, 0.4) is 0 Å². The third-order valence-electron chi connectivity index (χ3n) is 4.82. The molecule has 2 atom stereocenters. The van der Waals surface area contributed by atoms with Gasteiger partial charge in [-0.3, -0.25) is 9.69 Å². The molecule has 2 aliphatic rings. The lowest BCUT2D eigenvalue weighted by atomic mass is 10.0. The predicted molar refractivity (Wildman–Crippen MR) is 94.1 cm³/mol. The number of benzene rings is 1. The third-order valence-corrected chi connectivity index (χ3v) is 4.82. The second-order valence-corrected chi connectivity index (χ2v) is 6.62. The smallest absolute Gasteiger partial charge is 0.244 e. The lowest BCUT2D eigenvalue weighted by molar-refractivity contribution is -0.116. The van der Waals surface area contributed by atoms with Crippen LogP contribution in [0.2, 0.25) is 0 Å². The van der Waals surface area contributed by atoms with Gasteiger partial charge in [0.2, 0.25) is 12.7 Å². The summed E-state index contributed by atoms with van der Waals surface area (Å²) in [5.74, 6) is 1.41. The van der Waals surface area contributed by atoms with Crippen LogP contribution in [0.25, 0.3) is 6.08 Å². The van der Waals surface area contributed by atoms with Gasteiger partial charge in [0.05, 0.1) is 0 Å². The summed E-state index contributed by atoms with van der Waals surface area (Å²) in [4.78, 5) is 14.5. The van der Waals surface area contributed by atoms with Crippen LogP contribution < -0.4 is 14.8 Å². The molecular formula is C19H26N2O3. The van der Waals surface area contributed by atoms with Crippen molar-refractivity contribution in [3.8, 4) is 11.5 Å². The van der Waals surface area contributed by atoms with Gasteiger partial charge in [-0.2, -0.15) is 0 Å². The zero-order valence-corrected chi connectivity index (χ0v) is 14.5. The maximum absolute atomic E-state index is 12.0. The Hall–Kier alpha value is -2.01. The summed E-state index contributed by atoms with van der Waals surface area (Å²) in [6.07, 6.45) is 7.19. The number of hydrogen-bond acceptors (Lipinski definition) is 4. The molecule has 2 unspecified atom stereocenters. The highest BCUT2D eigenvalue weighted by Crippen LogP contribution is 2.32. The highest BCUT2D eigenvalue weighted by atomic mass is 16.7. The maximum Gasteiger partial charge on any atom is 0.244 e. The molecule has 24 heavy (non-hydrogen) atoms. The van der Waals surface area contributed by atoms with E-state index >= 15 is 0 Å². The van der Waals surface area contributed by atoms with Gasteiger partial charge in [-0.15, -0.1) is 0 Å². The van der Waals surface area contributed by atoms with Crippen LogP contribution in [0, 0.1) is 0 Å². The fourth-order valence-corrected chi connectivity index (χ4v) is 3.39. The topological polar surface area (TPSA) is 50.8 Å². The van der Waals surface area contributed by atoms with E-state index in [4.69, 9.17) is 9.47 Å². The fourth-order valence-electron chi connectivity index (χ4n) is 3.39. The van der Waals surface area contributed by atoms with Crippen LogP contribution >= 0.6 is 0 Å². The Kier molecular flexibility index (Phi) is 5.41. The number of nitrogens with zero attached hydrogens (tertiary/aromatic N) is 1. The minimum absolute atomic E-state index is 0.0656. The molecule has 1 saturated heterocycles. The summed E-state index contributed by atoms with van der Waals surface area (Å²) in [6, 6.07) is 6.62. The number of fused-ring (bicyclic) bond motifs is 1. The highest BCUT2D eigenvalue weighted by Gasteiger charge is 2.22. The molecule has 1 aromatic rings. The van der Waals surface area contributed by atoms with Gasteiger partial charge in [0.15, 0.2) is 11.5 Å². The Balaban J connectivity index is 1.48. The molecule has 1 fully saturated rings. The molecule has 130 valence electrons. The number of amides is 1. The summed E-state index contributed by atoms with van der Waals surface area (Å²) in [5.41, 5.74) is 0.923. The molecule has 3 rings (SSSR count). The third kappa shape index (κ3) is 4.09. The van der Waals surface area contributed by atoms with Crippen LogP contribution in [0.15, 0.2) is 24.3 Å². The first-order valence-corrected chi connectivity index (χ1v) is 8.75. The fraction of sp³-hybridized carbons (Fsp3) is 0.526. The van der Waals surface area contributed by atoms with Gasteiger partial charge < -0.3 is 14.8 Å². The molecule has 1 N–H and O–H groups in total. The summed E-state index contributed by atoms with van der Waals surface area (Å²) in [6.45, 7) is 6.52. The monoisotopic (exact) mass is 330 g/mol. The molecule has 1 aromatic carbocycles. The number of rotatable bonds is 5. The Morgan fingerprint density at radius 2 is 2.21 bits per heavy atom. The second kappa shape index (κ2) is 7.71. The molecule has 0 bridgehead atoms. The molecular weight excluding hydrogens is 304 g/mol. The molecule has 2 heterocycles. The van der Waals surface area contributed by atoms with Crippen LogP contribution in [0.4, 0.5) is 0 Å². The lowest BCUT2D eigenvalue weighted by Gasteiger charge is -2.38. The van der Waals surface area contributed by atoms with Crippen molar-refractivity contribution in [3.05, 3.63) is 29.8 Å². The lowest BCUT2D eigenvalue weighted by Crippen LogP contribution is -2.48. The zero-order chi connectivity index (χ0) is 16.9. The van der Waals surface area contributed by atoms with E-state index < -0.39 is 0 Å². The Bertz CT molecular complexity index is 615. The van der Waals surface area contributed by atoms with E-state index in [1.165, 1.54) is 19.3 Å². The SMILES string of the molecule is CC1CCCCN1C(C)CNC(=O)C=Cc1ccc2c(c1)OCO2. The van der Waals surface area contributed by atoms with E-state index in [2.05, 4.69) is 24.1 Å². The van der Waals surface area contributed by atoms with Gasteiger partial charge in [-0.05, 0) is 57.0 Å². The zero-order valence-electron chi connectivity index (χ0n) is 14.5. The van der Waals surface area contributed by atoms with Gasteiger partial charge in [0, 0.05) is 24.7 Å². The minimum Gasteiger partial charge on any atom is -0.454 e. The normalized spacial score (nSPS) is 21.8. The molecule has 0 saturated carbocycles.